The molecule has 212 valence electrons. The Labute approximate surface area is 242 Å². The number of sulfonamides is 1. The highest BCUT2D eigenvalue weighted by molar-refractivity contribution is 7.88. The first-order chi connectivity index (χ1) is 19.7. The second kappa shape index (κ2) is 13.9. The summed E-state index contributed by atoms with van der Waals surface area (Å²) in [6, 6.07) is 34.5. The molecule has 0 fully saturated rings. The summed E-state index contributed by atoms with van der Waals surface area (Å²) in [5, 5.41) is 3.00. The van der Waals surface area contributed by atoms with Gasteiger partial charge in [-0.3, -0.25) is 9.59 Å². The number of rotatable bonds is 12. The molecule has 0 radical (unpaired) electrons. The molecule has 7 nitrogen and oxygen atoms in total. The fourth-order valence-corrected chi connectivity index (χ4v) is 5.25. The molecule has 4 aromatic carbocycles. The van der Waals surface area contributed by atoms with Crippen molar-refractivity contribution in [2.75, 3.05) is 12.8 Å². The first-order valence-corrected chi connectivity index (χ1v) is 15.3. The van der Waals surface area contributed by atoms with Gasteiger partial charge in [0.1, 0.15) is 6.04 Å². The van der Waals surface area contributed by atoms with Gasteiger partial charge in [-0.15, -0.1) is 0 Å². The van der Waals surface area contributed by atoms with E-state index < -0.39 is 28.5 Å². The van der Waals surface area contributed by atoms with Gasteiger partial charge in [-0.25, -0.2) is 8.42 Å². The molecule has 0 heterocycles. The standard InChI is InChI=1S/C33H35N3O4S/c1-26-18-20-27(21-19-26)22-34-33(38)32(30-16-10-5-11-17-30)36(24-29-14-8-4-9-15-29)31(37)25-35(41(2,39)40)23-28-12-6-3-7-13-28/h3-21,32H,22-25H2,1-2H3,(H,34,38)/t32-/m0/s1. The molecule has 2 amide bonds. The molecular weight excluding hydrogens is 534 g/mol. The predicted molar refractivity (Wildman–Crippen MR) is 161 cm³/mol. The van der Waals surface area contributed by atoms with E-state index in [4.69, 9.17) is 0 Å². The Kier molecular flexibility index (Phi) is 10.1. The Bertz CT molecular complexity index is 1530. The summed E-state index contributed by atoms with van der Waals surface area (Å²) in [5.74, 6) is -0.829. The minimum Gasteiger partial charge on any atom is -0.350 e. The largest absolute Gasteiger partial charge is 0.350 e. The van der Waals surface area contributed by atoms with Gasteiger partial charge in [0.05, 0.1) is 12.8 Å². The number of carbonyl (C=O) groups excluding carboxylic acids is 2. The van der Waals surface area contributed by atoms with E-state index in [9.17, 15) is 18.0 Å². The van der Waals surface area contributed by atoms with Gasteiger partial charge in [0, 0.05) is 19.6 Å². The van der Waals surface area contributed by atoms with Gasteiger partial charge in [-0.2, -0.15) is 4.31 Å². The molecule has 0 bridgehead atoms. The van der Waals surface area contributed by atoms with Crippen molar-refractivity contribution in [3.63, 3.8) is 0 Å². The molecule has 8 heteroatoms. The minimum atomic E-state index is -3.74. The summed E-state index contributed by atoms with van der Waals surface area (Å²) < 4.78 is 26.7. The van der Waals surface area contributed by atoms with Crippen molar-refractivity contribution < 1.29 is 18.0 Å². The normalized spacial score (nSPS) is 12.1. The van der Waals surface area contributed by atoms with E-state index in [2.05, 4.69) is 5.32 Å². The molecule has 0 aliphatic rings. The number of nitrogens with one attached hydrogen (secondary N) is 1. The SMILES string of the molecule is Cc1ccc(CNC(=O)[C@H](c2ccccc2)N(Cc2ccccc2)C(=O)CN(Cc2ccccc2)S(C)(=O)=O)cc1. The molecule has 0 saturated heterocycles. The predicted octanol–water partition coefficient (Wildman–Crippen LogP) is 4.84. The number of hydrogen-bond donors (Lipinski definition) is 1. The lowest BCUT2D eigenvalue weighted by Crippen LogP contribution is -2.47. The Balaban J connectivity index is 1.67. The van der Waals surface area contributed by atoms with Crippen molar-refractivity contribution in [1.29, 1.82) is 0 Å². The molecule has 0 aliphatic carbocycles. The molecule has 0 spiro atoms. The molecule has 0 aromatic heterocycles. The van der Waals surface area contributed by atoms with E-state index in [0.29, 0.717) is 12.1 Å². The molecule has 4 aromatic rings. The number of aryl methyl sites for hydroxylation is 1. The number of nitrogens with zero attached hydrogens (tertiary/aromatic N) is 2. The van der Waals surface area contributed by atoms with Crippen LogP contribution in [-0.4, -0.2) is 42.2 Å². The van der Waals surface area contributed by atoms with Crippen LogP contribution in [0.25, 0.3) is 0 Å². The summed E-state index contributed by atoms with van der Waals surface area (Å²) in [6.07, 6.45) is 1.09. The Morgan fingerprint density at radius 2 is 1.22 bits per heavy atom. The smallest absolute Gasteiger partial charge is 0.247 e. The van der Waals surface area contributed by atoms with E-state index in [-0.39, 0.29) is 19.0 Å². The first-order valence-electron chi connectivity index (χ1n) is 13.4. The van der Waals surface area contributed by atoms with Gasteiger partial charge < -0.3 is 10.2 Å². The molecule has 0 aliphatic heterocycles. The van der Waals surface area contributed by atoms with E-state index in [1.54, 1.807) is 12.1 Å². The van der Waals surface area contributed by atoms with Crippen LogP contribution in [0, 0.1) is 6.92 Å². The van der Waals surface area contributed by atoms with Crippen LogP contribution >= 0.6 is 0 Å². The lowest BCUT2D eigenvalue weighted by atomic mass is 10.0. The first kappa shape index (κ1) is 29.7. The van der Waals surface area contributed by atoms with Gasteiger partial charge in [0.2, 0.25) is 21.8 Å². The maximum Gasteiger partial charge on any atom is 0.247 e. The molecular formula is C33H35N3O4S. The summed E-state index contributed by atoms with van der Waals surface area (Å²) >= 11 is 0. The second-order valence-electron chi connectivity index (χ2n) is 10.0. The van der Waals surface area contributed by atoms with Crippen LogP contribution in [0.15, 0.2) is 115 Å². The molecule has 0 saturated carbocycles. The third-order valence-electron chi connectivity index (χ3n) is 6.76. The van der Waals surface area contributed by atoms with Gasteiger partial charge in [-0.05, 0) is 29.2 Å². The molecule has 1 atom stereocenters. The Morgan fingerprint density at radius 3 is 1.76 bits per heavy atom. The van der Waals surface area contributed by atoms with Gasteiger partial charge in [0.15, 0.2) is 0 Å². The van der Waals surface area contributed by atoms with Crippen LogP contribution in [0.1, 0.15) is 33.9 Å². The van der Waals surface area contributed by atoms with Crippen LogP contribution < -0.4 is 5.32 Å². The molecule has 4 rings (SSSR count). The van der Waals surface area contributed by atoms with Gasteiger partial charge >= 0.3 is 0 Å². The number of amides is 2. The number of hydrogen-bond acceptors (Lipinski definition) is 4. The van der Waals surface area contributed by atoms with E-state index in [1.807, 2.05) is 110 Å². The lowest BCUT2D eigenvalue weighted by molar-refractivity contribution is -0.141. The summed E-state index contributed by atoms with van der Waals surface area (Å²) in [5.41, 5.74) is 4.26. The van der Waals surface area contributed by atoms with Crippen molar-refractivity contribution in [2.45, 2.75) is 32.6 Å². The van der Waals surface area contributed by atoms with Crippen molar-refractivity contribution in [2.24, 2.45) is 0 Å². The fourth-order valence-electron chi connectivity index (χ4n) is 4.52. The third-order valence-corrected chi connectivity index (χ3v) is 7.96. The van der Waals surface area contributed by atoms with Crippen molar-refractivity contribution in [3.05, 3.63) is 143 Å². The monoisotopic (exact) mass is 569 g/mol. The van der Waals surface area contributed by atoms with Gasteiger partial charge in [0.25, 0.3) is 0 Å². The van der Waals surface area contributed by atoms with Crippen LogP contribution in [0.5, 0.6) is 0 Å². The zero-order valence-electron chi connectivity index (χ0n) is 23.3. The van der Waals surface area contributed by atoms with E-state index in [1.165, 1.54) is 4.90 Å². The average Bonchev–Trinajstić information content (AvgIpc) is 2.97. The molecule has 1 N–H and O–H groups in total. The van der Waals surface area contributed by atoms with Crippen LogP contribution in [0.3, 0.4) is 0 Å². The van der Waals surface area contributed by atoms with Gasteiger partial charge in [-0.1, -0.05) is 121 Å². The number of benzene rings is 4. The van der Waals surface area contributed by atoms with Crippen molar-refractivity contribution >= 4 is 21.8 Å². The molecule has 41 heavy (non-hydrogen) atoms. The maximum atomic E-state index is 14.1. The maximum absolute atomic E-state index is 14.1. The fraction of sp³-hybridized carbons (Fsp3) is 0.212. The quantitative estimate of drug-likeness (QED) is 0.265. The topological polar surface area (TPSA) is 86.8 Å². The summed E-state index contributed by atoms with van der Waals surface area (Å²) in [6.45, 7) is 2.05. The van der Waals surface area contributed by atoms with Crippen LogP contribution in [-0.2, 0) is 39.2 Å². The number of carbonyl (C=O) groups is 2. The Morgan fingerprint density at radius 1 is 0.707 bits per heavy atom. The van der Waals surface area contributed by atoms with E-state index >= 15 is 0 Å². The third kappa shape index (κ3) is 8.61. The zero-order chi connectivity index (χ0) is 29.2. The molecule has 0 unspecified atom stereocenters. The van der Waals surface area contributed by atoms with Crippen LogP contribution in [0.2, 0.25) is 0 Å². The summed E-state index contributed by atoms with van der Waals surface area (Å²) in [7, 11) is -3.74. The van der Waals surface area contributed by atoms with Crippen LogP contribution in [0.4, 0.5) is 0 Å². The highest BCUT2D eigenvalue weighted by Crippen LogP contribution is 2.25. The lowest BCUT2D eigenvalue weighted by Gasteiger charge is -2.33. The van der Waals surface area contributed by atoms with Crippen molar-refractivity contribution in [3.8, 4) is 0 Å². The van der Waals surface area contributed by atoms with E-state index in [0.717, 1.165) is 32.8 Å². The minimum absolute atomic E-state index is 0.0419. The second-order valence-corrected chi connectivity index (χ2v) is 12.0. The Hall–Kier alpha value is -4.27. The highest BCUT2D eigenvalue weighted by atomic mass is 32.2. The zero-order valence-corrected chi connectivity index (χ0v) is 24.1. The highest BCUT2D eigenvalue weighted by Gasteiger charge is 2.33. The van der Waals surface area contributed by atoms with Crippen molar-refractivity contribution in [1.82, 2.24) is 14.5 Å². The average molecular weight is 570 g/mol. The summed E-state index contributed by atoms with van der Waals surface area (Å²) in [4.78, 5) is 29.4.